The molecule has 7 heteroatoms. The predicted molar refractivity (Wildman–Crippen MR) is 98.0 cm³/mol. The van der Waals surface area contributed by atoms with Crippen LogP contribution in [0.2, 0.25) is 0 Å². The molecule has 0 spiro atoms. The Kier molecular flexibility index (Phi) is 7.20. The third kappa shape index (κ3) is 4.55. The van der Waals surface area contributed by atoms with Gasteiger partial charge in [0.2, 0.25) is 0 Å². The Hall–Kier alpha value is -1.44. The molecule has 1 heterocycles. The summed E-state index contributed by atoms with van der Waals surface area (Å²) in [5, 5.41) is 9.38. The average molecular weight is 367 g/mol. The Bertz CT molecular complexity index is 618. The molecule has 1 aliphatic heterocycles. The Morgan fingerprint density at radius 1 is 1.21 bits per heavy atom. The van der Waals surface area contributed by atoms with Gasteiger partial charge < -0.3 is 14.7 Å². The fourth-order valence-corrected chi connectivity index (χ4v) is 4.67. The van der Waals surface area contributed by atoms with Crippen LogP contribution in [0.5, 0.6) is 0 Å². The molecule has 0 aromatic heterocycles. The lowest BCUT2D eigenvalue weighted by atomic mass is 10.1. The minimum atomic E-state index is -1.03. The van der Waals surface area contributed by atoms with Crippen molar-refractivity contribution >= 4 is 35.4 Å². The van der Waals surface area contributed by atoms with E-state index in [-0.39, 0.29) is 16.9 Å². The molecule has 0 saturated carbocycles. The normalized spacial score (nSPS) is 15.9. The first-order chi connectivity index (χ1) is 11.6. The number of thioether (sulfide) groups is 2. The Labute approximate surface area is 150 Å². The van der Waals surface area contributed by atoms with Crippen LogP contribution in [0, 0.1) is 0 Å². The summed E-state index contributed by atoms with van der Waals surface area (Å²) in [5.41, 5.74) is 1.01. The monoisotopic (exact) mass is 367 g/mol. The van der Waals surface area contributed by atoms with Crippen molar-refractivity contribution < 1.29 is 19.4 Å². The van der Waals surface area contributed by atoms with Gasteiger partial charge in [0.25, 0.3) is 5.91 Å². The molecule has 2 rings (SSSR count). The molecule has 5 nitrogen and oxygen atoms in total. The number of carbonyl (C=O) groups is 2. The third-order valence-corrected chi connectivity index (χ3v) is 6.26. The number of aliphatic carboxylic acids is 1. The van der Waals surface area contributed by atoms with Crippen LogP contribution in [0.15, 0.2) is 40.1 Å². The smallest absolute Gasteiger partial charge is 0.343 e. The quantitative estimate of drug-likeness (QED) is 0.799. The summed E-state index contributed by atoms with van der Waals surface area (Å²) < 4.78 is 5.13. The van der Waals surface area contributed by atoms with Crippen LogP contribution in [-0.2, 0) is 14.3 Å². The van der Waals surface area contributed by atoms with Crippen molar-refractivity contribution in [1.82, 2.24) is 4.90 Å². The second kappa shape index (κ2) is 9.15. The number of carboxylic acids is 1. The van der Waals surface area contributed by atoms with E-state index < -0.39 is 5.97 Å². The minimum absolute atomic E-state index is 0.152. The number of methoxy groups -OCH3 is 1. The van der Waals surface area contributed by atoms with Gasteiger partial charge in [-0.25, -0.2) is 4.79 Å². The topological polar surface area (TPSA) is 66.8 Å². The highest BCUT2D eigenvalue weighted by Gasteiger charge is 2.31. The predicted octanol–water partition coefficient (Wildman–Crippen LogP) is 3.00. The number of hydrogen-bond acceptors (Lipinski definition) is 5. The van der Waals surface area contributed by atoms with Crippen molar-refractivity contribution in [3.05, 3.63) is 45.7 Å². The van der Waals surface area contributed by atoms with Crippen molar-refractivity contribution in [2.45, 2.75) is 13.0 Å². The van der Waals surface area contributed by atoms with Crippen molar-refractivity contribution in [2.24, 2.45) is 0 Å². The number of nitrogens with zero attached hydrogens (tertiary/aromatic N) is 1. The molecule has 0 saturated heterocycles. The lowest BCUT2D eigenvalue weighted by molar-refractivity contribution is -0.133. The van der Waals surface area contributed by atoms with E-state index in [0.29, 0.717) is 23.8 Å². The van der Waals surface area contributed by atoms with E-state index in [2.05, 4.69) is 0 Å². The summed E-state index contributed by atoms with van der Waals surface area (Å²) in [6.45, 7) is 2.76. The van der Waals surface area contributed by atoms with Crippen molar-refractivity contribution in [1.29, 1.82) is 0 Å². The van der Waals surface area contributed by atoms with Gasteiger partial charge in [0.15, 0.2) is 0 Å². The highest BCUT2D eigenvalue weighted by atomic mass is 32.2. The summed E-state index contributed by atoms with van der Waals surface area (Å²) in [5.74, 6) is 0.169. The maximum atomic E-state index is 13.0. The molecular weight excluding hydrogens is 346 g/mol. The van der Waals surface area contributed by atoms with E-state index in [1.165, 1.54) is 23.5 Å². The van der Waals surface area contributed by atoms with Crippen LogP contribution in [0.4, 0.5) is 0 Å². The van der Waals surface area contributed by atoms with E-state index in [1.807, 2.05) is 37.3 Å². The van der Waals surface area contributed by atoms with Gasteiger partial charge in [-0.1, -0.05) is 30.3 Å². The first-order valence-corrected chi connectivity index (χ1v) is 9.61. The SMILES string of the molecule is COCCN(C(=O)C1=C(C(=O)O)SCCS1)C(C)c1ccccc1. The van der Waals surface area contributed by atoms with E-state index in [4.69, 9.17) is 4.74 Å². The fourth-order valence-electron chi connectivity index (χ4n) is 2.44. The molecule has 0 aliphatic carbocycles. The summed E-state index contributed by atoms with van der Waals surface area (Å²) in [4.78, 5) is 26.7. The van der Waals surface area contributed by atoms with E-state index >= 15 is 0 Å². The van der Waals surface area contributed by atoms with Gasteiger partial charge in [0.1, 0.15) is 4.91 Å². The number of hydrogen-bond donors (Lipinski definition) is 1. The molecule has 1 atom stereocenters. The molecule has 1 N–H and O–H groups in total. The molecule has 1 amide bonds. The summed E-state index contributed by atoms with van der Waals surface area (Å²) in [6.07, 6.45) is 0. The van der Waals surface area contributed by atoms with Gasteiger partial charge in [-0.3, -0.25) is 4.79 Å². The first-order valence-electron chi connectivity index (χ1n) is 7.64. The van der Waals surface area contributed by atoms with Crippen LogP contribution < -0.4 is 0 Å². The van der Waals surface area contributed by atoms with E-state index in [9.17, 15) is 14.7 Å². The van der Waals surface area contributed by atoms with E-state index in [0.717, 1.165) is 11.3 Å². The lowest BCUT2D eigenvalue weighted by Gasteiger charge is -2.31. The minimum Gasteiger partial charge on any atom is -0.477 e. The largest absolute Gasteiger partial charge is 0.477 e. The standard InChI is InChI=1S/C17H21NO4S2/c1-12(13-6-4-3-5-7-13)18(8-9-22-2)16(19)14-15(17(20)21)24-11-10-23-14/h3-7,12H,8-11H2,1-2H3,(H,20,21). The van der Waals surface area contributed by atoms with Gasteiger partial charge in [0, 0.05) is 25.2 Å². The number of carboxylic acid groups (broad SMARTS) is 1. The molecule has 0 fully saturated rings. The summed E-state index contributed by atoms with van der Waals surface area (Å²) in [7, 11) is 1.59. The molecule has 24 heavy (non-hydrogen) atoms. The zero-order chi connectivity index (χ0) is 17.5. The Morgan fingerprint density at radius 3 is 2.42 bits per heavy atom. The second-order valence-electron chi connectivity index (χ2n) is 5.24. The van der Waals surface area contributed by atoms with Crippen LogP contribution in [-0.4, -0.2) is 53.7 Å². The fraction of sp³-hybridized carbons (Fsp3) is 0.412. The van der Waals surface area contributed by atoms with Gasteiger partial charge in [-0.2, -0.15) is 0 Å². The van der Waals surface area contributed by atoms with Crippen molar-refractivity contribution in [2.75, 3.05) is 31.8 Å². The summed E-state index contributed by atoms with van der Waals surface area (Å²) in [6, 6.07) is 9.55. The van der Waals surface area contributed by atoms with Gasteiger partial charge >= 0.3 is 5.97 Å². The summed E-state index contributed by atoms with van der Waals surface area (Å²) >= 11 is 2.57. The second-order valence-corrected chi connectivity index (χ2v) is 7.45. The van der Waals surface area contributed by atoms with Gasteiger partial charge in [0.05, 0.1) is 17.6 Å². The molecule has 130 valence electrons. The van der Waals surface area contributed by atoms with Crippen LogP contribution in [0.3, 0.4) is 0 Å². The molecule has 1 aromatic rings. The van der Waals surface area contributed by atoms with Crippen molar-refractivity contribution in [3.8, 4) is 0 Å². The molecular formula is C17H21NO4S2. The highest BCUT2D eigenvalue weighted by Crippen LogP contribution is 2.36. The molecule has 1 aromatic carbocycles. The number of benzene rings is 1. The molecule has 1 unspecified atom stereocenters. The molecule has 0 radical (unpaired) electrons. The lowest BCUT2D eigenvalue weighted by Crippen LogP contribution is -2.37. The van der Waals surface area contributed by atoms with Crippen LogP contribution in [0.1, 0.15) is 18.5 Å². The van der Waals surface area contributed by atoms with Gasteiger partial charge in [-0.05, 0) is 12.5 Å². The Morgan fingerprint density at radius 2 is 1.83 bits per heavy atom. The number of amides is 1. The molecule has 1 aliphatic rings. The van der Waals surface area contributed by atoms with Crippen LogP contribution in [0.25, 0.3) is 0 Å². The van der Waals surface area contributed by atoms with E-state index in [1.54, 1.807) is 12.0 Å². The van der Waals surface area contributed by atoms with Crippen LogP contribution >= 0.6 is 23.5 Å². The maximum Gasteiger partial charge on any atom is 0.343 e. The third-order valence-electron chi connectivity index (χ3n) is 3.72. The number of ether oxygens (including phenoxy) is 1. The van der Waals surface area contributed by atoms with Gasteiger partial charge in [-0.15, -0.1) is 23.5 Å². The zero-order valence-corrected chi connectivity index (χ0v) is 15.4. The van der Waals surface area contributed by atoms with Crippen molar-refractivity contribution in [3.63, 3.8) is 0 Å². The highest BCUT2D eigenvalue weighted by molar-refractivity contribution is 8.11. The average Bonchev–Trinajstić information content (AvgIpc) is 2.62. The number of rotatable bonds is 7. The number of carbonyl (C=O) groups excluding carboxylic acids is 1. The maximum absolute atomic E-state index is 13.0. The zero-order valence-electron chi connectivity index (χ0n) is 13.7. The molecule has 0 bridgehead atoms. The first kappa shape index (κ1) is 18.9. The Balaban J connectivity index is 2.32.